The fraction of sp³-hybridized carbons (Fsp3) is 0.211. The lowest BCUT2D eigenvalue weighted by Crippen LogP contribution is -2.19. The summed E-state index contributed by atoms with van der Waals surface area (Å²) in [6, 6.07) is 17.6. The van der Waals surface area contributed by atoms with E-state index in [4.69, 9.17) is 4.74 Å². The van der Waals surface area contributed by atoms with Crippen LogP contribution in [0.1, 0.15) is 22.3 Å². The number of rotatable bonds is 9. The first kappa shape index (κ1) is 16.0. The molecule has 2 rings (SSSR count). The van der Waals surface area contributed by atoms with Crippen LogP contribution in [0.4, 0.5) is 5.69 Å². The van der Waals surface area contributed by atoms with Crippen molar-refractivity contribution in [2.24, 2.45) is 0 Å². The monoisotopic (exact) mass is 295 g/mol. The quantitative estimate of drug-likeness (QED) is 0.430. The Kier molecular flexibility index (Phi) is 6.39. The SMILES string of the molecule is C=CC(CCOCc1ccccc1)Nc1ccccc1C=O. The van der Waals surface area contributed by atoms with E-state index in [1.54, 1.807) is 6.07 Å². The molecule has 0 aliphatic heterocycles. The van der Waals surface area contributed by atoms with Crippen molar-refractivity contribution in [3.8, 4) is 0 Å². The van der Waals surface area contributed by atoms with Gasteiger partial charge in [0, 0.05) is 23.9 Å². The number of aldehydes is 1. The third kappa shape index (κ3) is 4.86. The predicted molar refractivity (Wildman–Crippen MR) is 90.2 cm³/mol. The summed E-state index contributed by atoms with van der Waals surface area (Å²) in [6.45, 7) is 5.08. The number of hydrogen-bond donors (Lipinski definition) is 1. The van der Waals surface area contributed by atoms with Crippen molar-refractivity contribution in [2.75, 3.05) is 11.9 Å². The average molecular weight is 295 g/mol. The van der Waals surface area contributed by atoms with Crippen molar-refractivity contribution in [3.05, 3.63) is 78.4 Å². The number of carbonyl (C=O) groups excluding carboxylic acids is 1. The number of nitrogens with one attached hydrogen (secondary N) is 1. The lowest BCUT2D eigenvalue weighted by molar-refractivity contribution is 0.112. The van der Waals surface area contributed by atoms with Crippen LogP contribution in [0.25, 0.3) is 0 Å². The highest BCUT2D eigenvalue weighted by Crippen LogP contribution is 2.15. The Morgan fingerprint density at radius 3 is 2.55 bits per heavy atom. The summed E-state index contributed by atoms with van der Waals surface area (Å²) < 4.78 is 5.69. The maximum Gasteiger partial charge on any atom is 0.152 e. The fourth-order valence-electron chi connectivity index (χ4n) is 2.15. The number of anilines is 1. The summed E-state index contributed by atoms with van der Waals surface area (Å²) >= 11 is 0. The summed E-state index contributed by atoms with van der Waals surface area (Å²) in [6.07, 6.45) is 3.49. The van der Waals surface area contributed by atoms with E-state index in [-0.39, 0.29) is 6.04 Å². The molecule has 0 saturated heterocycles. The minimum Gasteiger partial charge on any atom is -0.378 e. The number of ether oxygens (including phenoxy) is 1. The summed E-state index contributed by atoms with van der Waals surface area (Å²) in [7, 11) is 0. The predicted octanol–water partition coefficient (Wildman–Crippen LogP) is 4.07. The molecule has 0 aromatic heterocycles. The Labute approximate surface area is 131 Å². The molecule has 114 valence electrons. The van der Waals surface area contributed by atoms with Gasteiger partial charge in [0.05, 0.1) is 6.61 Å². The van der Waals surface area contributed by atoms with Crippen LogP contribution in [0.2, 0.25) is 0 Å². The van der Waals surface area contributed by atoms with Gasteiger partial charge >= 0.3 is 0 Å². The second-order valence-electron chi connectivity index (χ2n) is 5.02. The van der Waals surface area contributed by atoms with E-state index in [0.29, 0.717) is 18.8 Å². The molecule has 1 atom stereocenters. The highest BCUT2D eigenvalue weighted by atomic mass is 16.5. The minimum absolute atomic E-state index is 0.0665. The second-order valence-corrected chi connectivity index (χ2v) is 5.02. The van der Waals surface area contributed by atoms with Crippen molar-refractivity contribution in [2.45, 2.75) is 19.1 Å². The van der Waals surface area contributed by atoms with E-state index in [1.807, 2.05) is 54.6 Å². The van der Waals surface area contributed by atoms with Gasteiger partial charge in [-0.3, -0.25) is 4.79 Å². The van der Waals surface area contributed by atoms with Crippen LogP contribution in [0.5, 0.6) is 0 Å². The normalized spacial score (nSPS) is 11.6. The first-order chi connectivity index (χ1) is 10.8. The molecule has 2 aromatic carbocycles. The van der Waals surface area contributed by atoms with Crippen molar-refractivity contribution in [3.63, 3.8) is 0 Å². The molecule has 0 saturated carbocycles. The largest absolute Gasteiger partial charge is 0.378 e. The molecule has 0 heterocycles. The van der Waals surface area contributed by atoms with E-state index < -0.39 is 0 Å². The first-order valence-corrected chi connectivity index (χ1v) is 7.38. The van der Waals surface area contributed by atoms with Crippen LogP contribution in [-0.4, -0.2) is 18.9 Å². The van der Waals surface area contributed by atoms with Crippen LogP contribution in [0.15, 0.2) is 67.3 Å². The van der Waals surface area contributed by atoms with Crippen molar-refractivity contribution < 1.29 is 9.53 Å². The molecular formula is C19H21NO2. The fourth-order valence-corrected chi connectivity index (χ4v) is 2.15. The highest BCUT2D eigenvalue weighted by Gasteiger charge is 2.07. The van der Waals surface area contributed by atoms with E-state index in [1.165, 1.54) is 0 Å². The van der Waals surface area contributed by atoms with Crippen molar-refractivity contribution >= 4 is 12.0 Å². The molecule has 0 fully saturated rings. The molecule has 3 heteroatoms. The van der Waals surface area contributed by atoms with Gasteiger partial charge in [0.15, 0.2) is 6.29 Å². The Balaban J connectivity index is 1.80. The van der Waals surface area contributed by atoms with Gasteiger partial charge in [0.1, 0.15) is 0 Å². The minimum atomic E-state index is 0.0665. The van der Waals surface area contributed by atoms with Gasteiger partial charge in [0.25, 0.3) is 0 Å². The average Bonchev–Trinajstić information content (AvgIpc) is 2.59. The zero-order chi connectivity index (χ0) is 15.6. The van der Waals surface area contributed by atoms with Gasteiger partial charge in [-0.15, -0.1) is 6.58 Å². The van der Waals surface area contributed by atoms with Crippen molar-refractivity contribution in [1.82, 2.24) is 0 Å². The van der Waals surface area contributed by atoms with E-state index >= 15 is 0 Å². The zero-order valence-corrected chi connectivity index (χ0v) is 12.6. The molecule has 0 aliphatic rings. The van der Waals surface area contributed by atoms with Crippen LogP contribution < -0.4 is 5.32 Å². The highest BCUT2D eigenvalue weighted by molar-refractivity contribution is 5.84. The molecule has 2 aromatic rings. The number of para-hydroxylation sites is 1. The zero-order valence-electron chi connectivity index (χ0n) is 12.6. The smallest absolute Gasteiger partial charge is 0.152 e. The molecule has 1 unspecified atom stereocenters. The number of hydrogen-bond acceptors (Lipinski definition) is 3. The van der Waals surface area contributed by atoms with Crippen molar-refractivity contribution in [1.29, 1.82) is 0 Å². The molecule has 0 aliphatic carbocycles. The number of benzene rings is 2. The summed E-state index contributed by atoms with van der Waals surface area (Å²) in [5.74, 6) is 0. The maximum absolute atomic E-state index is 11.0. The molecule has 3 nitrogen and oxygen atoms in total. The Morgan fingerprint density at radius 1 is 1.09 bits per heavy atom. The Morgan fingerprint density at radius 2 is 1.82 bits per heavy atom. The van der Waals surface area contributed by atoms with Crippen LogP contribution in [0, 0.1) is 0 Å². The van der Waals surface area contributed by atoms with Gasteiger partial charge in [-0.2, -0.15) is 0 Å². The van der Waals surface area contributed by atoms with E-state index in [9.17, 15) is 4.79 Å². The van der Waals surface area contributed by atoms with Gasteiger partial charge in [-0.1, -0.05) is 48.5 Å². The summed E-state index contributed by atoms with van der Waals surface area (Å²) in [5.41, 5.74) is 2.64. The van der Waals surface area contributed by atoms with Crippen LogP contribution in [-0.2, 0) is 11.3 Å². The lowest BCUT2D eigenvalue weighted by Gasteiger charge is -2.17. The Hall–Kier alpha value is -2.39. The first-order valence-electron chi connectivity index (χ1n) is 7.38. The summed E-state index contributed by atoms with van der Waals surface area (Å²) in [4.78, 5) is 11.0. The van der Waals surface area contributed by atoms with Gasteiger partial charge in [-0.25, -0.2) is 0 Å². The third-order valence-electron chi connectivity index (χ3n) is 3.40. The van der Waals surface area contributed by atoms with Gasteiger partial charge in [0.2, 0.25) is 0 Å². The lowest BCUT2D eigenvalue weighted by atomic mass is 10.1. The number of carbonyl (C=O) groups is 1. The molecular weight excluding hydrogens is 274 g/mol. The molecule has 1 N–H and O–H groups in total. The second kappa shape index (κ2) is 8.80. The summed E-state index contributed by atoms with van der Waals surface area (Å²) in [5, 5.41) is 3.32. The van der Waals surface area contributed by atoms with Gasteiger partial charge < -0.3 is 10.1 Å². The van der Waals surface area contributed by atoms with E-state index in [2.05, 4.69) is 11.9 Å². The molecule has 22 heavy (non-hydrogen) atoms. The Bertz CT molecular complexity index is 595. The molecule has 0 radical (unpaired) electrons. The maximum atomic E-state index is 11.0. The molecule has 0 spiro atoms. The van der Waals surface area contributed by atoms with Crippen LogP contribution in [0.3, 0.4) is 0 Å². The van der Waals surface area contributed by atoms with Crippen LogP contribution >= 0.6 is 0 Å². The standard InChI is InChI=1S/C19H21NO2/c1-2-18(20-19-11-7-6-10-17(19)14-21)12-13-22-15-16-8-4-3-5-9-16/h2-11,14,18,20H,1,12-13,15H2. The molecule has 0 amide bonds. The molecule has 0 bridgehead atoms. The third-order valence-corrected chi connectivity index (χ3v) is 3.40. The van der Waals surface area contributed by atoms with E-state index in [0.717, 1.165) is 24.0 Å². The van der Waals surface area contributed by atoms with Gasteiger partial charge in [-0.05, 0) is 24.1 Å². The topological polar surface area (TPSA) is 38.3 Å².